The summed E-state index contributed by atoms with van der Waals surface area (Å²) in [6.45, 7) is 4.23. The van der Waals surface area contributed by atoms with Crippen LogP contribution in [0.15, 0.2) is 48.5 Å². The number of fused-ring (bicyclic) bond motifs is 3. The van der Waals surface area contributed by atoms with Gasteiger partial charge in [0.05, 0.1) is 0 Å². The Labute approximate surface area is 107 Å². The summed E-state index contributed by atoms with van der Waals surface area (Å²) in [6, 6.07) is 17.3. The molecule has 88 valence electrons. The molecular formula is C18H16. The van der Waals surface area contributed by atoms with Crippen molar-refractivity contribution in [1.82, 2.24) is 0 Å². The Morgan fingerprint density at radius 1 is 0.556 bits per heavy atom. The summed E-state index contributed by atoms with van der Waals surface area (Å²) < 4.78 is 0. The third-order valence-electron chi connectivity index (χ3n) is 3.59. The molecule has 3 aromatic rings. The molecule has 0 fully saturated rings. The molecule has 0 aliphatic heterocycles. The summed E-state index contributed by atoms with van der Waals surface area (Å²) in [5, 5.41) is 8.04. The van der Waals surface area contributed by atoms with Crippen molar-refractivity contribution in [1.29, 1.82) is 0 Å². The number of hydrogen-bond acceptors (Lipinski definition) is 0. The Morgan fingerprint density at radius 2 is 0.889 bits per heavy atom. The van der Waals surface area contributed by atoms with E-state index in [1.165, 1.54) is 32.0 Å². The largest absolute Gasteiger partial charge is 0.0791 e. The van der Waals surface area contributed by atoms with Gasteiger partial charge in [-0.05, 0) is 45.8 Å². The van der Waals surface area contributed by atoms with Crippen LogP contribution in [0.3, 0.4) is 0 Å². The van der Waals surface area contributed by atoms with Crippen molar-refractivity contribution < 1.29 is 0 Å². The van der Waals surface area contributed by atoms with Crippen LogP contribution >= 0.6 is 0 Å². The minimum Gasteiger partial charge on any atom is -0.0791 e. The van der Waals surface area contributed by atoms with Crippen LogP contribution in [0.1, 0.15) is 13.8 Å². The normalized spacial score (nSPS) is 13.7. The summed E-state index contributed by atoms with van der Waals surface area (Å²) in [5.41, 5.74) is 0. The molecule has 0 spiro atoms. The van der Waals surface area contributed by atoms with Crippen molar-refractivity contribution in [3.05, 3.63) is 59.0 Å². The van der Waals surface area contributed by atoms with Gasteiger partial charge in [0.25, 0.3) is 0 Å². The fourth-order valence-electron chi connectivity index (χ4n) is 2.82. The Bertz CT molecular complexity index is 766. The summed E-state index contributed by atoms with van der Waals surface area (Å²) in [5.74, 6) is 0. The maximum atomic E-state index is 2.21. The van der Waals surface area contributed by atoms with E-state index in [0.717, 1.165) is 0 Å². The monoisotopic (exact) mass is 232 g/mol. The van der Waals surface area contributed by atoms with Crippen molar-refractivity contribution >= 4 is 33.7 Å². The Balaban J connectivity index is 2.81. The van der Waals surface area contributed by atoms with Gasteiger partial charge in [-0.25, -0.2) is 0 Å². The zero-order valence-electron chi connectivity index (χ0n) is 10.8. The highest BCUT2D eigenvalue weighted by molar-refractivity contribution is 6.08. The molecule has 0 N–H and O–H groups in total. The van der Waals surface area contributed by atoms with Gasteiger partial charge in [0.15, 0.2) is 0 Å². The van der Waals surface area contributed by atoms with Crippen LogP contribution in [0.4, 0.5) is 0 Å². The van der Waals surface area contributed by atoms with Crippen LogP contribution in [0.2, 0.25) is 0 Å². The van der Waals surface area contributed by atoms with Gasteiger partial charge in [-0.1, -0.05) is 60.7 Å². The first-order chi connectivity index (χ1) is 8.86. The van der Waals surface area contributed by atoms with Crippen molar-refractivity contribution in [3.63, 3.8) is 0 Å². The summed E-state index contributed by atoms with van der Waals surface area (Å²) in [6.07, 6.45) is 4.42. The molecule has 0 aromatic heterocycles. The molecule has 3 aromatic carbocycles. The lowest BCUT2D eigenvalue weighted by molar-refractivity contribution is 1.60. The molecule has 0 nitrogen and oxygen atoms in total. The lowest BCUT2D eigenvalue weighted by Crippen LogP contribution is -2.25. The Hall–Kier alpha value is -2.08. The smallest absolute Gasteiger partial charge is 0.00991 e. The highest BCUT2D eigenvalue weighted by atomic mass is 14.1. The van der Waals surface area contributed by atoms with Crippen molar-refractivity contribution in [2.75, 3.05) is 0 Å². The molecule has 0 heterocycles. The Morgan fingerprint density at radius 3 is 1.22 bits per heavy atom. The molecule has 0 saturated heterocycles. The van der Waals surface area contributed by atoms with E-state index in [1.54, 1.807) is 0 Å². The fourth-order valence-corrected chi connectivity index (χ4v) is 2.82. The molecule has 0 atom stereocenters. The predicted octanol–water partition coefficient (Wildman–Crippen LogP) is 3.59. The van der Waals surface area contributed by atoms with Gasteiger partial charge in [-0.15, -0.1) is 0 Å². The number of benzene rings is 3. The average Bonchev–Trinajstić information content (AvgIpc) is 2.45. The summed E-state index contributed by atoms with van der Waals surface area (Å²) >= 11 is 0. The van der Waals surface area contributed by atoms with Crippen molar-refractivity contribution in [2.45, 2.75) is 13.8 Å². The van der Waals surface area contributed by atoms with E-state index in [1.807, 2.05) is 0 Å². The van der Waals surface area contributed by atoms with Crippen LogP contribution in [-0.2, 0) is 0 Å². The molecular weight excluding hydrogens is 216 g/mol. The van der Waals surface area contributed by atoms with E-state index in [2.05, 4.69) is 74.5 Å². The van der Waals surface area contributed by atoms with Crippen LogP contribution in [0.25, 0.3) is 33.7 Å². The fraction of sp³-hybridized carbons (Fsp3) is 0.111. The van der Waals surface area contributed by atoms with Gasteiger partial charge in [0.2, 0.25) is 0 Å². The lowest BCUT2D eigenvalue weighted by atomic mass is 9.97. The van der Waals surface area contributed by atoms with E-state index < -0.39 is 0 Å². The van der Waals surface area contributed by atoms with Crippen molar-refractivity contribution in [2.24, 2.45) is 0 Å². The quantitative estimate of drug-likeness (QED) is 0.520. The van der Waals surface area contributed by atoms with Crippen LogP contribution in [0, 0.1) is 0 Å². The van der Waals surface area contributed by atoms with E-state index in [-0.39, 0.29) is 0 Å². The molecule has 0 heteroatoms. The van der Waals surface area contributed by atoms with Gasteiger partial charge in [-0.2, -0.15) is 0 Å². The molecule has 0 saturated carbocycles. The van der Waals surface area contributed by atoms with Gasteiger partial charge in [0, 0.05) is 0 Å². The lowest BCUT2D eigenvalue weighted by Gasteiger charge is -2.06. The third-order valence-corrected chi connectivity index (χ3v) is 3.59. The molecule has 3 rings (SSSR count). The molecule has 0 radical (unpaired) electrons. The van der Waals surface area contributed by atoms with Gasteiger partial charge >= 0.3 is 0 Å². The highest BCUT2D eigenvalue weighted by Gasteiger charge is 2.03. The third kappa shape index (κ3) is 1.46. The second kappa shape index (κ2) is 4.30. The van der Waals surface area contributed by atoms with Gasteiger partial charge in [0.1, 0.15) is 0 Å². The number of hydrogen-bond donors (Lipinski definition) is 0. The molecule has 0 unspecified atom stereocenters. The predicted molar refractivity (Wildman–Crippen MR) is 81.0 cm³/mol. The van der Waals surface area contributed by atoms with Crippen LogP contribution in [-0.4, -0.2) is 0 Å². The summed E-state index contributed by atoms with van der Waals surface area (Å²) in [4.78, 5) is 0. The van der Waals surface area contributed by atoms with Crippen LogP contribution in [0.5, 0.6) is 0 Å². The number of rotatable bonds is 0. The zero-order valence-corrected chi connectivity index (χ0v) is 10.8. The minimum absolute atomic E-state index is 1.34. The van der Waals surface area contributed by atoms with Crippen LogP contribution < -0.4 is 10.4 Å². The first kappa shape index (κ1) is 11.0. The SMILES string of the molecule is C/C=c1\c(=C/C)c2ccccc2c2ccccc12. The highest BCUT2D eigenvalue weighted by Crippen LogP contribution is 2.19. The zero-order chi connectivity index (χ0) is 12.5. The standard InChI is InChI=1S/C18H16/c1-3-13-14(4-2)16-10-6-8-12-18(16)17-11-7-5-9-15(13)17/h3-12H,1-2H3/b13-3+,14-4+. The molecule has 0 amide bonds. The second-order valence-electron chi connectivity index (χ2n) is 4.50. The Kier molecular flexibility index (Phi) is 2.64. The summed E-state index contributed by atoms with van der Waals surface area (Å²) in [7, 11) is 0. The second-order valence-corrected chi connectivity index (χ2v) is 4.50. The van der Waals surface area contributed by atoms with Gasteiger partial charge in [-0.3, -0.25) is 0 Å². The topological polar surface area (TPSA) is 0 Å². The molecule has 18 heavy (non-hydrogen) atoms. The van der Waals surface area contributed by atoms with E-state index >= 15 is 0 Å². The maximum Gasteiger partial charge on any atom is -0.00991 e. The van der Waals surface area contributed by atoms with Gasteiger partial charge < -0.3 is 0 Å². The van der Waals surface area contributed by atoms with E-state index in [4.69, 9.17) is 0 Å². The maximum absolute atomic E-state index is 2.21. The molecule has 0 aliphatic rings. The first-order valence-electron chi connectivity index (χ1n) is 6.39. The average molecular weight is 232 g/mol. The molecule has 0 aliphatic carbocycles. The van der Waals surface area contributed by atoms with E-state index in [9.17, 15) is 0 Å². The van der Waals surface area contributed by atoms with E-state index in [0.29, 0.717) is 0 Å². The first-order valence-corrected chi connectivity index (χ1v) is 6.39. The minimum atomic E-state index is 1.34. The molecule has 0 bridgehead atoms. The van der Waals surface area contributed by atoms with Crippen molar-refractivity contribution in [3.8, 4) is 0 Å².